The van der Waals surface area contributed by atoms with Gasteiger partial charge in [0.1, 0.15) is 23.0 Å². The van der Waals surface area contributed by atoms with Crippen molar-refractivity contribution in [3.05, 3.63) is 69.4 Å². The zero-order valence-corrected chi connectivity index (χ0v) is 39.7. The maximum Gasteiger partial charge on any atom is 0.311 e. The fourth-order valence-corrected chi connectivity index (χ4v) is 8.92. The van der Waals surface area contributed by atoms with Crippen LogP contribution in [0.1, 0.15) is 207 Å². The van der Waals surface area contributed by atoms with Gasteiger partial charge in [0, 0.05) is 68.1 Å². The van der Waals surface area contributed by atoms with E-state index in [-0.39, 0.29) is 49.6 Å². The minimum atomic E-state index is -0.364. The van der Waals surface area contributed by atoms with Crippen LogP contribution in [0.25, 0.3) is 21.5 Å². The number of hydrogen-bond donors (Lipinski definition) is 0. The molecule has 8 heteroatoms. The monoisotopic (exact) mass is 877 g/mol. The Morgan fingerprint density at radius 3 is 0.688 bits per heavy atom. The number of carbonyl (C=O) groups excluding carboxylic acids is 4. The van der Waals surface area contributed by atoms with Gasteiger partial charge in [-0.05, 0) is 25.7 Å². The summed E-state index contributed by atoms with van der Waals surface area (Å²) in [5, 5.41) is 4.44. The summed E-state index contributed by atoms with van der Waals surface area (Å²) < 4.78 is 25.7. The average Bonchev–Trinajstić information content (AvgIpc) is 3.29. The second kappa shape index (κ2) is 27.6. The quantitative estimate of drug-likeness (QED) is 0.0239. The van der Waals surface area contributed by atoms with Crippen LogP contribution in [0.2, 0.25) is 0 Å². The van der Waals surface area contributed by atoms with Gasteiger partial charge in [-0.15, -0.1) is 0 Å². The Hall–Kier alpha value is -4.72. The van der Waals surface area contributed by atoms with E-state index in [1.807, 2.05) is 48.5 Å². The topological polar surface area (TPSA) is 105 Å². The van der Waals surface area contributed by atoms with E-state index in [1.54, 1.807) is 0 Å². The van der Waals surface area contributed by atoms with Crippen LogP contribution in [0.3, 0.4) is 0 Å². The van der Waals surface area contributed by atoms with Crippen LogP contribution in [0.15, 0.2) is 48.5 Å². The van der Waals surface area contributed by atoms with Crippen molar-refractivity contribution in [2.24, 2.45) is 0 Å². The molecule has 1 aliphatic rings. The number of hydrogen-bond acceptors (Lipinski definition) is 8. The van der Waals surface area contributed by atoms with E-state index in [4.69, 9.17) is 18.9 Å². The minimum absolute atomic E-state index is 0.246. The lowest BCUT2D eigenvalue weighted by molar-refractivity contribution is -0.135. The normalized spacial score (nSPS) is 11.6. The van der Waals surface area contributed by atoms with Crippen LogP contribution in [-0.2, 0) is 19.2 Å². The predicted molar refractivity (Wildman–Crippen MR) is 258 cm³/mol. The maximum absolute atomic E-state index is 13.8. The molecule has 0 spiro atoms. The number of unbranched alkanes of at least 4 members (excludes halogenated alkanes) is 20. The molecule has 0 atom stereocenters. The van der Waals surface area contributed by atoms with Crippen molar-refractivity contribution in [3.8, 4) is 23.0 Å². The number of esters is 4. The predicted octanol–water partition coefficient (Wildman–Crippen LogP) is 15.5. The first kappa shape index (κ1) is 50.3. The van der Waals surface area contributed by atoms with Gasteiger partial charge in [-0.25, -0.2) is 0 Å². The fraction of sp³-hybridized carbons (Fsp3) is 0.571. The second-order valence-corrected chi connectivity index (χ2v) is 17.9. The summed E-state index contributed by atoms with van der Waals surface area (Å²) in [5.74, 6) is -0.186. The Balaban J connectivity index is 1.68. The lowest BCUT2D eigenvalue weighted by atomic mass is 9.91. The molecule has 5 rings (SSSR count). The molecule has 0 unspecified atom stereocenters. The number of rotatable bonds is 32. The molecule has 0 bridgehead atoms. The Bertz CT molecular complexity index is 2000. The van der Waals surface area contributed by atoms with E-state index >= 15 is 0 Å². The van der Waals surface area contributed by atoms with Gasteiger partial charge in [0.25, 0.3) is 0 Å². The first-order valence-electron chi connectivity index (χ1n) is 25.3. The molecular formula is C56H76O8. The average molecular weight is 877 g/mol. The standard InChI is InChI=1S/C56H76O8/c1-5-9-13-17-21-25-37-45(57)61-53-41-33-29-30-34-42(41)54(62-46(58)38-26-22-18-14-10-6-2)50-49(53)51-52(50)56(64-48(60)40-28-24-20-16-12-8-4)44-36-32-31-35-43(44)55(51)63-47(59)39-27-23-19-15-11-7-3/h29-36H,5-28,37-40H2,1-4H3. The molecule has 0 N–H and O–H groups in total. The lowest BCUT2D eigenvalue weighted by Gasteiger charge is -2.22. The molecule has 64 heavy (non-hydrogen) atoms. The Morgan fingerprint density at radius 2 is 0.484 bits per heavy atom. The van der Waals surface area contributed by atoms with Crippen molar-refractivity contribution in [3.63, 3.8) is 0 Å². The SMILES string of the molecule is CCCCCCCCC(=O)Oc1c2c(c(OC(=O)CCCCCCCC)c3ccccc13)=c1c(OC(=O)CCCCCCCC)c3ccccc3c(OC(=O)CCCCCCCC)c1=2. The first-order valence-corrected chi connectivity index (χ1v) is 25.3. The lowest BCUT2D eigenvalue weighted by Crippen LogP contribution is -2.16. The summed E-state index contributed by atoms with van der Waals surface area (Å²) in [5.41, 5.74) is 0. The number of fused-ring (bicyclic) bond motifs is 4. The van der Waals surface area contributed by atoms with Crippen LogP contribution in [0, 0.1) is 20.9 Å². The van der Waals surface area contributed by atoms with Crippen LogP contribution in [-0.4, -0.2) is 23.9 Å². The van der Waals surface area contributed by atoms with Gasteiger partial charge in [-0.1, -0.05) is 205 Å². The van der Waals surface area contributed by atoms with Crippen LogP contribution in [0.4, 0.5) is 0 Å². The highest BCUT2D eigenvalue weighted by molar-refractivity contribution is 6.01. The molecule has 1 aliphatic carbocycles. The van der Waals surface area contributed by atoms with Crippen molar-refractivity contribution in [1.29, 1.82) is 0 Å². The van der Waals surface area contributed by atoms with Crippen molar-refractivity contribution in [2.75, 3.05) is 0 Å². The van der Waals surface area contributed by atoms with Gasteiger partial charge in [-0.2, -0.15) is 0 Å². The highest BCUT2D eigenvalue weighted by Crippen LogP contribution is 2.47. The summed E-state index contributed by atoms with van der Waals surface area (Å²) in [7, 11) is 0. The van der Waals surface area contributed by atoms with Crippen LogP contribution < -0.4 is 18.9 Å². The molecule has 348 valence electrons. The molecular weight excluding hydrogens is 801 g/mol. The third-order valence-electron chi connectivity index (χ3n) is 12.5. The van der Waals surface area contributed by atoms with Crippen molar-refractivity contribution in [2.45, 2.75) is 207 Å². The van der Waals surface area contributed by atoms with E-state index in [2.05, 4.69) is 27.7 Å². The number of carbonyl (C=O) groups is 4. The van der Waals surface area contributed by atoms with E-state index in [1.165, 1.54) is 25.7 Å². The molecule has 4 aromatic rings. The summed E-state index contributed by atoms with van der Waals surface area (Å²) >= 11 is 0. The summed E-state index contributed by atoms with van der Waals surface area (Å²) in [6, 6.07) is 15.0. The molecule has 0 saturated heterocycles. The molecule has 0 amide bonds. The molecule has 0 heterocycles. The Labute approximate surface area is 382 Å². The minimum Gasteiger partial charge on any atom is -0.425 e. The number of benzene rings is 4. The van der Waals surface area contributed by atoms with Crippen LogP contribution >= 0.6 is 0 Å². The van der Waals surface area contributed by atoms with Gasteiger partial charge >= 0.3 is 23.9 Å². The van der Waals surface area contributed by atoms with E-state index in [9.17, 15) is 19.2 Å². The van der Waals surface area contributed by atoms with E-state index in [0.29, 0.717) is 91.1 Å². The third-order valence-corrected chi connectivity index (χ3v) is 12.5. The second-order valence-electron chi connectivity index (χ2n) is 17.9. The van der Waals surface area contributed by atoms with Crippen molar-refractivity contribution < 1.29 is 38.1 Å². The third kappa shape index (κ3) is 14.1. The first-order chi connectivity index (χ1) is 31.3. The molecule has 0 aromatic heterocycles. The molecule has 0 saturated carbocycles. The maximum atomic E-state index is 13.8. The number of ether oxygens (including phenoxy) is 4. The highest BCUT2D eigenvalue weighted by Gasteiger charge is 2.30. The summed E-state index contributed by atoms with van der Waals surface area (Å²) in [4.78, 5) is 55.4. The largest absolute Gasteiger partial charge is 0.425 e. The van der Waals surface area contributed by atoms with Crippen LogP contribution in [0.5, 0.6) is 23.0 Å². The molecule has 4 aromatic carbocycles. The summed E-state index contributed by atoms with van der Waals surface area (Å²) in [6.07, 6.45) is 25.6. The molecule has 0 aliphatic heterocycles. The van der Waals surface area contributed by atoms with Crippen molar-refractivity contribution in [1.82, 2.24) is 0 Å². The zero-order valence-electron chi connectivity index (χ0n) is 39.7. The smallest absolute Gasteiger partial charge is 0.311 e. The van der Waals surface area contributed by atoms with Crippen molar-refractivity contribution >= 4 is 45.4 Å². The fourth-order valence-electron chi connectivity index (χ4n) is 8.92. The summed E-state index contributed by atoms with van der Waals surface area (Å²) in [6.45, 7) is 8.74. The molecule has 8 nitrogen and oxygen atoms in total. The Kier molecular flexibility index (Phi) is 21.7. The van der Waals surface area contributed by atoms with Gasteiger partial charge in [0.2, 0.25) is 0 Å². The molecule has 0 radical (unpaired) electrons. The highest BCUT2D eigenvalue weighted by atomic mass is 16.6. The van der Waals surface area contributed by atoms with E-state index in [0.717, 1.165) is 103 Å². The van der Waals surface area contributed by atoms with Gasteiger partial charge in [0.05, 0.1) is 0 Å². The molecule has 0 fully saturated rings. The Morgan fingerprint density at radius 1 is 0.297 bits per heavy atom. The zero-order chi connectivity index (χ0) is 45.5. The van der Waals surface area contributed by atoms with Gasteiger partial charge in [-0.3, -0.25) is 19.2 Å². The van der Waals surface area contributed by atoms with E-state index < -0.39 is 0 Å². The van der Waals surface area contributed by atoms with Gasteiger partial charge in [0.15, 0.2) is 0 Å². The van der Waals surface area contributed by atoms with Gasteiger partial charge < -0.3 is 18.9 Å².